The third-order valence-electron chi connectivity index (χ3n) is 17.7. The van der Waals surface area contributed by atoms with Crippen LogP contribution >= 0.6 is 0 Å². The molecule has 2 aliphatic rings. The summed E-state index contributed by atoms with van der Waals surface area (Å²) in [5, 5.41) is 2.57. The van der Waals surface area contributed by atoms with Crippen LogP contribution in [0, 0.1) is 0 Å². The lowest BCUT2D eigenvalue weighted by molar-refractivity contribution is 0.568. The van der Waals surface area contributed by atoms with Crippen molar-refractivity contribution in [2.24, 2.45) is 0 Å². The van der Waals surface area contributed by atoms with Crippen molar-refractivity contribution in [2.75, 3.05) is 9.80 Å². The second-order valence-electron chi connectivity index (χ2n) is 30.2. The summed E-state index contributed by atoms with van der Waals surface area (Å²) in [7, 11) is 0. The minimum Gasteiger partial charge on any atom is -0.311 e. The first-order valence-electron chi connectivity index (χ1n) is 29.2. The van der Waals surface area contributed by atoms with E-state index in [2.05, 4.69) is 311 Å². The molecule has 0 spiro atoms. The van der Waals surface area contributed by atoms with Gasteiger partial charge in [-0.3, -0.25) is 0 Å². The van der Waals surface area contributed by atoms with Gasteiger partial charge in [-0.2, -0.15) is 0 Å². The molecule has 3 nitrogen and oxygen atoms in total. The van der Waals surface area contributed by atoms with Crippen LogP contribution in [0.3, 0.4) is 0 Å². The van der Waals surface area contributed by atoms with E-state index in [0.717, 1.165) is 17.1 Å². The van der Waals surface area contributed by atoms with Gasteiger partial charge in [-0.05, 0) is 173 Å². The van der Waals surface area contributed by atoms with Gasteiger partial charge in [-0.1, -0.05) is 217 Å². The van der Waals surface area contributed by atoms with Crippen LogP contribution in [-0.4, -0.2) is 11.3 Å². The van der Waals surface area contributed by atoms with Crippen molar-refractivity contribution in [3.05, 3.63) is 202 Å². The number of rotatable bonds is 5. The number of fused-ring (bicyclic) bond motifs is 7. The highest BCUT2D eigenvalue weighted by Gasteiger charge is 2.48. The van der Waals surface area contributed by atoms with Crippen LogP contribution in [-0.2, 0) is 37.9 Å². The second-order valence-corrected chi connectivity index (χ2v) is 30.2. The number of hydrogen-bond donors (Lipinski definition) is 0. The van der Waals surface area contributed by atoms with Crippen LogP contribution in [0.25, 0.3) is 27.5 Å². The van der Waals surface area contributed by atoms with Crippen LogP contribution in [0.2, 0.25) is 0 Å². The van der Waals surface area contributed by atoms with Crippen LogP contribution in [0.1, 0.15) is 183 Å². The number of benzene rings is 8. The van der Waals surface area contributed by atoms with Crippen molar-refractivity contribution in [1.82, 2.24) is 4.57 Å². The van der Waals surface area contributed by atoms with Gasteiger partial charge >= 0.3 is 0 Å². The van der Waals surface area contributed by atoms with Crippen LogP contribution < -0.4 is 26.2 Å². The molecule has 0 amide bonds. The molecule has 0 unspecified atom stereocenters. The van der Waals surface area contributed by atoms with E-state index < -0.39 is 0 Å². The molecule has 4 heteroatoms. The summed E-state index contributed by atoms with van der Waals surface area (Å²) in [5.41, 5.74) is 25.1. The standard InChI is InChI=1S/C75H86BN3/c1-69(2,3)47-26-31-54(32-27-47)77(55-33-28-48(29-34-55)70(4,5)6)56-35-36-62-60(44-56)75(19,20)61-42-52(74(16,17)18)43-67-68(61)76(62)63-45-59-58-41-49(71(7,8)9)30-37-64(58)78(53-24-22-21-23-25-53)65(59)46-66(63)79(67)57-39-50(72(10,11)12)38-51(40-57)73(13,14)15/h21-46H,1-20H3. The average molecular weight is 1040 g/mol. The highest BCUT2D eigenvalue weighted by molar-refractivity contribution is 6.99. The summed E-state index contributed by atoms with van der Waals surface area (Å²) in [6.45, 7) is 47.1. The van der Waals surface area contributed by atoms with Crippen molar-refractivity contribution in [3.63, 3.8) is 0 Å². The maximum Gasteiger partial charge on any atom is 0.247 e. The predicted molar refractivity (Wildman–Crippen MR) is 346 cm³/mol. The molecule has 0 N–H and O–H groups in total. The van der Waals surface area contributed by atoms with E-state index in [4.69, 9.17) is 0 Å². The SMILES string of the molecule is CC(C)(C)c1ccc(N(c2ccc(C(C)(C)C)cc2)c2ccc3c(c2)C(C)(C)c2cc(C(C)(C)C)cc4c2B3c2cc3c5cc(C(C)(C)C)ccc5n(-c5ccccc5)c3cc2N4c2cc(C(C)(C)C)cc(C(C)(C)C)c2)cc1. The fraction of sp³-hybridized carbons (Fsp3) is 0.360. The highest BCUT2D eigenvalue weighted by atomic mass is 15.2. The van der Waals surface area contributed by atoms with Crippen molar-refractivity contribution in [3.8, 4) is 5.69 Å². The molecule has 1 aromatic heterocycles. The molecule has 8 aromatic carbocycles. The average Bonchev–Trinajstić information content (AvgIpc) is 3.17. The zero-order valence-corrected chi connectivity index (χ0v) is 51.4. The Morgan fingerprint density at radius 2 is 0.835 bits per heavy atom. The predicted octanol–water partition coefficient (Wildman–Crippen LogP) is 19.0. The Labute approximate surface area is 475 Å². The molecule has 0 bridgehead atoms. The molecular formula is C75H86BN3. The Balaban J connectivity index is 1.26. The van der Waals surface area contributed by atoms with Crippen LogP contribution in [0.4, 0.5) is 34.1 Å². The quantitative estimate of drug-likeness (QED) is 0.159. The summed E-state index contributed by atoms with van der Waals surface area (Å²) < 4.78 is 2.52. The van der Waals surface area contributed by atoms with Crippen molar-refractivity contribution in [1.29, 1.82) is 0 Å². The minimum atomic E-state index is -0.368. The van der Waals surface area contributed by atoms with Crippen LogP contribution in [0.5, 0.6) is 0 Å². The Bertz CT molecular complexity index is 3750. The summed E-state index contributed by atoms with van der Waals surface area (Å²) in [6.07, 6.45) is 0. The van der Waals surface area contributed by atoms with Crippen molar-refractivity contribution >= 4 is 79.0 Å². The Morgan fingerprint density at radius 3 is 1.35 bits per heavy atom. The number of para-hydroxylation sites is 1. The van der Waals surface area contributed by atoms with Crippen LogP contribution in [0.15, 0.2) is 158 Å². The summed E-state index contributed by atoms with van der Waals surface area (Å²) in [6, 6.07) is 62.2. The molecule has 0 radical (unpaired) electrons. The van der Waals surface area contributed by atoms with Gasteiger partial charge in [-0.15, -0.1) is 0 Å². The molecule has 0 saturated carbocycles. The van der Waals surface area contributed by atoms with Gasteiger partial charge in [0.15, 0.2) is 0 Å². The summed E-state index contributed by atoms with van der Waals surface area (Å²) in [4.78, 5) is 5.18. The Hall–Kier alpha value is -6.78. The molecule has 404 valence electrons. The van der Waals surface area contributed by atoms with Crippen molar-refractivity contribution in [2.45, 2.75) is 176 Å². The third-order valence-corrected chi connectivity index (χ3v) is 17.7. The van der Waals surface area contributed by atoms with E-state index in [1.165, 1.54) is 105 Å². The minimum absolute atomic E-state index is 0.0233. The van der Waals surface area contributed by atoms with E-state index in [9.17, 15) is 0 Å². The molecule has 0 saturated heterocycles. The molecule has 0 aliphatic carbocycles. The molecule has 2 aliphatic heterocycles. The topological polar surface area (TPSA) is 11.4 Å². The van der Waals surface area contributed by atoms with E-state index in [1.807, 2.05) is 0 Å². The first-order valence-corrected chi connectivity index (χ1v) is 29.2. The fourth-order valence-electron chi connectivity index (χ4n) is 12.7. The van der Waals surface area contributed by atoms with E-state index >= 15 is 0 Å². The number of aromatic nitrogens is 1. The van der Waals surface area contributed by atoms with Gasteiger partial charge in [0.1, 0.15) is 0 Å². The van der Waals surface area contributed by atoms with Gasteiger partial charge in [-0.25, -0.2) is 0 Å². The normalized spacial score (nSPS) is 14.6. The van der Waals surface area contributed by atoms with Crippen molar-refractivity contribution < 1.29 is 0 Å². The van der Waals surface area contributed by atoms with E-state index in [0.29, 0.717) is 0 Å². The number of hydrogen-bond acceptors (Lipinski definition) is 2. The Morgan fingerprint density at radius 1 is 0.354 bits per heavy atom. The second kappa shape index (κ2) is 18.1. The highest BCUT2D eigenvalue weighted by Crippen LogP contribution is 2.49. The zero-order chi connectivity index (χ0) is 56.9. The first kappa shape index (κ1) is 54.2. The smallest absolute Gasteiger partial charge is 0.247 e. The van der Waals surface area contributed by atoms with E-state index in [-0.39, 0.29) is 44.6 Å². The maximum absolute atomic E-state index is 2.69. The maximum atomic E-state index is 2.69. The lowest BCUT2D eigenvalue weighted by Gasteiger charge is -2.47. The lowest BCUT2D eigenvalue weighted by Crippen LogP contribution is -2.64. The molecule has 11 rings (SSSR count). The number of anilines is 6. The monoisotopic (exact) mass is 1040 g/mol. The van der Waals surface area contributed by atoms with Gasteiger partial charge in [0, 0.05) is 56.0 Å². The molecular weight excluding hydrogens is 954 g/mol. The van der Waals surface area contributed by atoms with E-state index in [1.54, 1.807) is 0 Å². The first-order chi connectivity index (χ1) is 36.7. The van der Waals surface area contributed by atoms with Gasteiger partial charge in [0.2, 0.25) is 6.71 Å². The number of nitrogens with zero attached hydrogens (tertiary/aromatic N) is 3. The third kappa shape index (κ3) is 9.33. The fourth-order valence-corrected chi connectivity index (χ4v) is 12.7. The molecule has 79 heavy (non-hydrogen) atoms. The van der Waals surface area contributed by atoms with Gasteiger partial charge < -0.3 is 14.4 Å². The molecule has 0 fully saturated rings. The van der Waals surface area contributed by atoms with Gasteiger partial charge in [0.25, 0.3) is 0 Å². The van der Waals surface area contributed by atoms with Gasteiger partial charge in [0.05, 0.1) is 11.0 Å². The molecule has 0 atom stereocenters. The summed E-state index contributed by atoms with van der Waals surface area (Å²) in [5.74, 6) is 0. The Kier molecular flexibility index (Phi) is 12.4. The molecule has 9 aromatic rings. The largest absolute Gasteiger partial charge is 0.311 e. The molecule has 3 heterocycles. The summed E-state index contributed by atoms with van der Waals surface area (Å²) >= 11 is 0. The zero-order valence-electron chi connectivity index (χ0n) is 51.4. The lowest BCUT2D eigenvalue weighted by atomic mass is 9.30.